The first-order valence-corrected chi connectivity index (χ1v) is 7.21. The highest BCUT2D eigenvalue weighted by Gasteiger charge is 2.30. The summed E-state index contributed by atoms with van der Waals surface area (Å²) in [4.78, 5) is 24.4. The Morgan fingerprint density at radius 3 is 2.90 bits per heavy atom. The fourth-order valence-electron chi connectivity index (χ4n) is 2.70. The maximum absolute atomic E-state index is 12.5. The molecule has 1 N–H and O–H groups in total. The number of likely N-dealkylation sites (tertiary alicyclic amines) is 1. The molecule has 1 aliphatic heterocycles. The summed E-state index contributed by atoms with van der Waals surface area (Å²) in [6, 6.07) is 4.01. The second-order valence-corrected chi connectivity index (χ2v) is 5.71. The Morgan fingerprint density at radius 1 is 1.62 bits per heavy atom. The molecule has 1 aromatic rings. The first-order valence-electron chi connectivity index (χ1n) is 6.83. The Balaban J connectivity index is 2.19. The zero-order valence-corrected chi connectivity index (χ0v) is 12.4. The molecule has 1 fully saturated rings. The number of hydrogen-bond acceptors (Lipinski definition) is 4. The van der Waals surface area contributed by atoms with E-state index in [2.05, 4.69) is 0 Å². The summed E-state index contributed by atoms with van der Waals surface area (Å²) in [6.45, 7) is 2.33. The van der Waals surface area contributed by atoms with Crippen molar-refractivity contribution >= 4 is 23.2 Å². The van der Waals surface area contributed by atoms with Crippen molar-refractivity contribution in [3.8, 4) is 0 Å². The number of amides is 1. The van der Waals surface area contributed by atoms with Gasteiger partial charge in [0.05, 0.1) is 11.0 Å². The third-order valence-electron chi connectivity index (χ3n) is 3.64. The van der Waals surface area contributed by atoms with Crippen LogP contribution in [-0.2, 0) is 0 Å². The van der Waals surface area contributed by atoms with Crippen LogP contribution < -0.4 is 0 Å². The van der Waals surface area contributed by atoms with Crippen molar-refractivity contribution in [2.75, 3.05) is 6.54 Å². The Hall–Kier alpha value is -1.66. The van der Waals surface area contributed by atoms with E-state index in [1.165, 1.54) is 18.2 Å². The highest BCUT2D eigenvalue weighted by Crippen LogP contribution is 2.28. The van der Waals surface area contributed by atoms with Crippen LogP contribution in [0.2, 0.25) is 5.02 Å². The lowest BCUT2D eigenvalue weighted by Gasteiger charge is -2.25. The molecule has 1 amide bonds. The van der Waals surface area contributed by atoms with Crippen LogP contribution in [0.15, 0.2) is 18.2 Å². The molecule has 0 bridgehead atoms. The number of carbonyl (C=O) groups excluding carboxylic acids is 1. The fourth-order valence-corrected chi connectivity index (χ4v) is 2.95. The number of halogens is 1. The lowest BCUT2D eigenvalue weighted by Crippen LogP contribution is -2.37. The molecular weight excluding hydrogens is 296 g/mol. The monoisotopic (exact) mass is 312 g/mol. The number of aliphatic hydroxyl groups excluding tert-OH is 1. The number of aliphatic hydroxyl groups is 1. The molecule has 7 heteroatoms. The van der Waals surface area contributed by atoms with Crippen molar-refractivity contribution in [1.29, 1.82) is 0 Å². The van der Waals surface area contributed by atoms with E-state index in [1.54, 1.807) is 11.8 Å². The molecule has 1 aliphatic rings. The molecule has 2 unspecified atom stereocenters. The predicted octanol–water partition coefficient (Wildman–Crippen LogP) is 2.62. The molecule has 0 aliphatic carbocycles. The second kappa shape index (κ2) is 6.41. The number of nitro groups is 1. The van der Waals surface area contributed by atoms with Gasteiger partial charge in [-0.15, -0.1) is 0 Å². The summed E-state index contributed by atoms with van der Waals surface area (Å²) in [7, 11) is 0. The minimum atomic E-state index is -0.581. The smallest absolute Gasteiger partial charge is 0.287 e. The molecule has 1 aromatic carbocycles. The van der Waals surface area contributed by atoms with Gasteiger partial charge in [-0.1, -0.05) is 11.6 Å². The van der Waals surface area contributed by atoms with Crippen LogP contribution in [0.25, 0.3) is 0 Å². The Kier molecular flexibility index (Phi) is 4.80. The second-order valence-electron chi connectivity index (χ2n) is 5.30. The standard InChI is InChI=1S/C14H17ClN2O4/c1-9(18)7-11-3-2-6-16(11)14(19)10-4-5-13(17(20)21)12(15)8-10/h4-5,8-9,11,18H,2-3,6-7H2,1H3. The predicted molar refractivity (Wildman–Crippen MR) is 78.5 cm³/mol. The van der Waals surface area contributed by atoms with Crippen LogP contribution in [-0.4, -0.2) is 39.5 Å². The average molecular weight is 313 g/mol. The Morgan fingerprint density at radius 2 is 2.33 bits per heavy atom. The van der Waals surface area contributed by atoms with E-state index in [0.717, 1.165) is 12.8 Å². The van der Waals surface area contributed by atoms with E-state index in [4.69, 9.17) is 11.6 Å². The van der Waals surface area contributed by atoms with Gasteiger partial charge < -0.3 is 10.0 Å². The number of benzene rings is 1. The zero-order chi connectivity index (χ0) is 15.6. The molecule has 0 spiro atoms. The molecule has 6 nitrogen and oxygen atoms in total. The molecule has 0 saturated carbocycles. The quantitative estimate of drug-likeness (QED) is 0.684. The largest absolute Gasteiger partial charge is 0.393 e. The maximum Gasteiger partial charge on any atom is 0.287 e. The topological polar surface area (TPSA) is 83.7 Å². The molecule has 114 valence electrons. The highest BCUT2D eigenvalue weighted by atomic mass is 35.5. The molecular formula is C14H17ClN2O4. The third kappa shape index (κ3) is 3.51. The van der Waals surface area contributed by atoms with Crippen LogP contribution in [0.4, 0.5) is 5.69 Å². The summed E-state index contributed by atoms with van der Waals surface area (Å²) >= 11 is 5.84. The van der Waals surface area contributed by atoms with Crippen LogP contribution in [0.1, 0.15) is 36.5 Å². The van der Waals surface area contributed by atoms with E-state index >= 15 is 0 Å². The van der Waals surface area contributed by atoms with E-state index < -0.39 is 11.0 Å². The van der Waals surface area contributed by atoms with Gasteiger partial charge in [0.1, 0.15) is 5.02 Å². The summed E-state index contributed by atoms with van der Waals surface area (Å²) in [5.41, 5.74) is 0.123. The Bertz CT molecular complexity index is 562. The highest BCUT2D eigenvalue weighted by molar-refractivity contribution is 6.33. The zero-order valence-electron chi connectivity index (χ0n) is 11.7. The first kappa shape index (κ1) is 15.7. The summed E-state index contributed by atoms with van der Waals surface area (Å²) in [5.74, 6) is -0.199. The lowest BCUT2D eigenvalue weighted by atomic mass is 10.1. The number of hydrogen-bond donors (Lipinski definition) is 1. The van der Waals surface area contributed by atoms with Gasteiger partial charge in [0, 0.05) is 24.2 Å². The van der Waals surface area contributed by atoms with Gasteiger partial charge in [-0.05, 0) is 38.3 Å². The van der Waals surface area contributed by atoms with Crippen LogP contribution in [0.3, 0.4) is 0 Å². The van der Waals surface area contributed by atoms with Crippen molar-refractivity contribution in [1.82, 2.24) is 4.90 Å². The Labute approximate surface area is 127 Å². The minimum absolute atomic E-state index is 0.00599. The summed E-state index contributed by atoms with van der Waals surface area (Å²) < 4.78 is 0. The minimum Gasteiger partial charge on any atom is -0.393 e. The third-order valence-corrected chi connectivity index (χ3v) is 3.95. The van der Waals surface area contributed by atoms with E-state index in [0.29, 0.717) is 18.5 Å². The number of nitrogens with zero attached hydrogens (tertiary/aromatic N) is 2. The van der Waals surface area contributed by atoms with Gasteiger partial charge in [0.15, 0.2) is 0 Å². The van der Waals surface area contributed by atoms with Crippen LogP contribution >= 0.6 is 11.6 Å². The van der Waals surface area contributed by atoms with Gasteiger partial charge >= 0.3 is 0 Å². The van der Waals surface area contributed by atoms with Crippen molar-refractivity contribution in [2.24, 2.45) is 0 Å². The normalized spacial score (nSPS) is 19.6. The molecule has 1 saturated heterocycles. The van der Waals surface area contributed by atoms with Crippen LogP contribution in [0.5, 0.6) is 0 Å². The van der Waals surface area contributed by atoms with E-state index in [1.807, 2.05) is 0 Å². The molecule has 2 rings (SSSR count). The maximum atomic E-state index is 12.5. The van der Waals surface area contributed by atoms with Crippen molar-refractivity contribution in [2.45, 2.75) is 38.3 Å². The molecule has 0 radical (unpaired) electrons. The van der Waals surface area contributed by atoms with Crippen molar-refractivity contribution in [3.63, 3.8) is 0 Å². The van der Waals surface area contributed by atoms with E-state index in [9.17, 15) is 20.0 Å². The van der Waals surface area contributed by atoms with Crippen molar-refractivity contribution in [3.05, 3.63) is 38.9 Å². The van der Waals surface area contributed by atoms with Crippen molar-refractivity contribution < 1.29 is 14.8 Å². The molecule has 2 atom stereocenters. The van der Waals surface area contributed by atoms with Gasteiger partial charge in [-0.3, -0.25) is 14.9 Å². The fraction of sp³-hybridized carbons (Fsp3) is 0.500. The SMILES string of the molecule is CC(O)CC1CCCN1C(=O)c1ccc([N+](=O)[O-])c(Cl)c1. The van der Waals surface area contributed by atoms with E-state index in [-0.39, 0.29) is 22.7 Å². The molecule has 1 heterocycles. The van der Waals surface area contributed by atoms with Gasteiger partial charge in [0.25, 0.3) is 11.6 Å². The van der Waals surface area contributed by atoms with Gasteiger partial charge in [-0.2, -0.15) is 0 Å². The molecule has 21 heavy (non-hydrogen) atoms. The number of nitro benzene ring substituents is 1. The number of carbonyl (C=O) groups is 1. The van der Waals surface area contributed by atoms with Crippen LogP contribution in [0, 0.1) is 10.1 Å². The lowest BCUT2D eigenvalue weighted by molar-refractivity contribution is -0.384. The summed E-state index contributed by atoms with van der Waals surface area (Å²) in [6.07, 6.45) is 1.82. The van der Waals surface area contributed by atoms with Gasteiger partial charge in [-0.25, -0.2) is 0 Å². The first-order chi connectivity index (χ1) is 9.90. The average Bonchev–Trinajstić information content (AvgIpc) is 2.84. The molecule has 0 aromatic heterocycles. The number of rotatable bonds is 4. The summed E-state index contributed by atoms with van der Waals surface area (Å²) in [5, 5.41) is 20.2. The van der Waals surface area contributed by atoms with Gasteiger partial charge in [0.2, 0.25) is 0 Å².